The number of carbonyl (C=O) groups excluding carboxylic acids is 1. The van der Waals surface area contributed by atoms with Gasteiger partial charge in [0, 0.05) is 17.8 Å². The number of hydrogen-bond acceptors (Lipinski definition) is 7. The second kappa shape index (κ2) is 7.18. The summed E-state index contributed by atoms with van der Waals surface area (Å²) < 4.78 is 5.96. The second-order valence-electron chi connectivity index (χ2n) is 5.27. The molecule has 0 radical (unpaired) electrons. The van der Waals surface area contributed by atoms with Crippen LogP contribution in [0.3, 0.4) is 0 Å². The van der Waals surface area contributed by atoms with Crippen LogP contribution in [0.15, 0.2) is 28.6 Å². The van der Waals surface area contributed by atoms with Crippen LogP contribution in [-0.2, 0) is 4.79 Å². The maximum atomic E-state index is 12.0. The standard InChI is InChI=1S/C15H18N4O2S2/c1-9(13(20)16-10-6-7-10)22-15-19-18-14(23-15)17-11-4-3-5-12(8-11)21-2/h3-5,8-10H,6-7H2,1-2H3,(H,16,20)(H,17,18)/t9-/m1/s1. The number of rotatable bonds is 7. The number of nitrogens with one attached hydrogen (secondary N) is 2. The lowest BCUT2D eigenvalue weighted by molar-refractivity contribution is -0.120. The van der Waals surface area contributed by atoms with Crippen LogP contribution in [0.4, 0.5) is 10.8 Å². The first-order valence-electron chi connectivity index (χ1n) is 7.35. The molecule has 1 atom stereocenters. The van der Waals surface area contributed by atoms with E-state index in [1.165, 1.54) is 23.1 Å². The van der Waals surface area contributed by atoms with Crippen molar-refractivity contribution in [2.24, 2.45) is 0 Å². The molecule has 3 rings (SSSR count). The molecule has 0 unspecified atom stereocenters. The fourth-order valence-electron chi connectivity index (χ4n) is 1.88. The zero-order valence-corrected chi connectivity index (χ0v) is 14.5. The molecule has 2 N–H and O–H groups in total. The highest BCUT2D eigenvalue weighted by Crippen LogP contribution is 2.31. The highest BCUT2D eigenvalue weighted by atomic mass is 32.2. The third-order valence-corrected chi connectivity index (χ3v) is 5.32. The summed E-state index contributed by atoms with van der Waals surface area (Å²) in [7, 11) is 1.63. The number of carbonyl (C=O) groups is 1. The molecule has 2 aromatic rings. The normalized spacial score (nSPS) is 15.0. The molecule has 6 nitrogen and oxygen atoms in total. The Morgan fingerprint density at radius 1 is 1.43 bits per heavy atom. The minimum absolute atomic E-state index is 0.0648. The van der Waals surface area contributed by atoms with Crippen LogP contribution in [0, 0.1) is 0 Å². The smallest absolute Gasteiger partial charge is 0.233 e. The number of anilines is 2. The third kappa shape index (κ3) is 4.59. The van der Waals surface area contributed by atoms with Crippen LogP contribution in [-0.4, -0.2) is 34.5 Å². The van der Waals surface area contributed by atoms with E-state index in [1.54, 1.807) is 7.11 Å². The Morgan fingerprint density at radius 3 is 3.00 bits per heavy atom. The molecule has 0 spiro atoms. The van der Waals surface area contributed by atoms with Crippen molar-refractivity contribution < 1.29 is 9.53 Å². The fraction of sp³-hybridized carbons (Fsp3) is 0.400. The van der Waals surface area contributed by atoms with Crippen LogP contribution >= 0.6 is 23.1 Å². The molecule has 1 aliphatic carbocycles. The summed E-state index contributed by atoms with van der Waals surface area (Å²) >= 11 is 2.86. The van der Waals surface area contributed by atoms with Crippen LogP contribution < -0.4 is 15.4 Å². The van der Waals surface area contributed by atoms with Gasteiger partial charge in [0.15, 0.2) is 4.34 Å². The van der Waals surface area contributed by atoms with Crippen molar-refractivity contribution in [3.8, 4) is 5.75 Å². The van der Waals surface area contributed by atoms with Gasteiger partial charge in [-0.3, -0.25) is 4.79 Å². The molecule has 8 heteroatoms. The van der Waals surface area contributed by atoms with E-state index in [4.69, 9.17) is 4.74 Å². The highest BCUT2D eigenvalue weighted by molar-refractivity contribution is 8.02. The SMILES string of the molecule is COc1cccc(Nc2nnc(S[C@H](C)C(=O)NC3CC3)s2)c1. The number of ether oxygens (including phenoxy) is 1. The van der Waals surface area contributed by atoms with E-state index in [1.807, 2.05) is 31.2 Å². The van der Waals surface area contributed by atoms with Crippen molar-refractivity contribution in [2.75, 3.05) is 12.4 Å². The zero-order valence-electron chi connectivity index (χ0n) is 12.9. The third-order valence-electron chi connectivity index (χ3n) is 3.30. The average Bonchev–Trinajstić information content (AvgIpc) is 3.26. The van der Waals surface area contributed by atoms with Gasteiger partial charge >= 0.3 is 0 Å². The molecule has 1 heterocycles. The topological polar surface area (TPSA) is 76.1 Å². The molecule has 1 aromatic carbocycles. The first-order valence-corrected chi connectivity index (χ1v) is 9.05. The Hall–Kier alpha value is -1.80. The van der Waals surface area contributed by atoms with Crippen molar-refractivity contribution in [2.45, 2.75) is 35.4 Å². The van der Waals surface area contributed by atoms with Crippen molar-refractivity contribution in [1.82, 2.24) is 15.5 Å². The van der Waals surface area contributed by atoms with Gasteiger partial charge in [-0.2, -0.15) is 0 Å². The van der Waals surface area contributed by atoms with Gasteiger partial charge in [-0.05, 0) is 31.9 Å². The predicted molar refractivity (Wildman–Crippen MR) is 92.7 cm³/mol. The Morgan fingerprint density at radius 2 is 2.26 bits per heavy atom. The summed E-state index contributed by atoms with van der Waals surface area (Å²) in [6, 6.07) is 7.99. The number of hydrogen-bond donors (Lipinski definition) is 2. The van der Waals surface area contributed by atoms with Crippen molar-refractivity contribution in [3.63, 3.8) is 0 Å². The van der Waals surface area contributed by atoms with Gasteiger partial charge in [0.1, 0.15) is 5.75 Å². The van der Waals surface area contributed by atoms with Crippen LogP contribution in [0.5, 0.6) is 5.75 Å². The average molecular weight is 350 g/mol. The Balaban J connectivity index is 1.57. The van der Waals surface area contributed by atoms with Crippen LogP contribution in [0.2, 0.25) is 0 Å². The predicted octanol–water partition coefficient (Wildman–Crippen LogP) is 3.05. The molecule has 0 saturated heterocycles. The molecule has 23 heavy (non-hydrogen) atoms. The van der Waals surface area contributed by atoms with E-state index >= 15 is 0 Å². The molecule has 1 amide bonds. The van der Waals surface area contributed by atoms with E-state index in [-0.39, 0.29) is 11.2 Å². The lowest BCUT2D eigenvalue weighted by Crippen LogP contribution is -2.32. The molecule has 0 bridgehead atoms. The summed E-state index contributed by atoms with van der Waals surface area (Å²) in [6.45, 7) is 1.89. The van der Waals surface area contributed by atoms with Crippen LogP contribution in [0.1, 0.15) is 19.8 Å². The Labute approximate surface area is 143 Å². The van der Waals surface area contributed by atoms with Crippen molar-refractivity contribution in [3.05, 3.63) is 24.3 Å². The lowest BCUT2D eigenvalue weighted by Gasteiger charge is -2.08. The number of nitrogens with zero attached hydrogens (tertiary/aromatic N) is 2. The maximum absolute atomic E-state index is 12.0. The van der Waals surface area contributed by atoms with Gasteiger partial charge in [-0.1, -0.05) is 29.2 Å². The summed E-state index contributed by atoms with van der Waals surface area (Å²) in [5.74, 6) is 0.842. The first kappa shape index (κ1) is 16.1. The number of methoxy groups -OCH3 is 1. The van der Waals surface area contributed by atoms with Gasteiger partial charge in [0.25, 0.3) is 0 Å². The first-order chi connectivity index (χ1) is 11.1. The van der Waals surface area contributed by atoms with Crippen LogP contribution in [0.25, 0.3) is 0 Å². The molecular formula is C15H18N4O2S2. The van der Waals surface area contributed by atoms with E-state index in [0.717, 1.165) is 28.6 Å². The van der Waals surface area contributed by atoms with Gasteiger partial charge in [-0.15, -0.1) is 10.2 Å². The largest absolute Gasteiger partial charge is 0.497 e. The van der Waals surface area contributed by atoms with Crippen molar-refractivity contribution >= 4 is 39.8 Å². The minimum Gasteiger partial charge on any atom is -0.497 e. The van der Waals surface area contributed by atoms with Gasteiger partial charge < -0.3 is 15.4 Å². The van der Waals surface area contributed by atoms with Gasteiger partial charge in [-0.25, -0.2) is 0 Å². The second-order valence-corrected chi connectivity index (χ2v) is 7.84. The molecule has 1 fully saturated rings. The summed E-state index contributed by atoms with van der Waals surface area (Å²) in [6.07, 6.45) is 2.19. The minimum atomic E-state index is -0.173. The summed E-state index contributed by atoms with van der Waals surface area (Å²) in [4.78, 5) is 12.0. The Kier molecular flexibility index (Phi) is 5.02. The molecule has 122 valence electrons. The molecule has 0 aliphatic heterocycles. The number of amides is 1. The molecule has 1 aliphatic rings. The lowest BCUT2D eigenvalue weighted by atomic mass is 10.3. The van der Waals surface area contributed by atoms with Gasteiger partial charge in [0.05, 0.1) is 12.4 Å². The number of thioether (sulfide) groups is 1. The number of aromatic nitrogens is 2. The monoisotopic (exact) mass is 350 g/mol. The van der Waals surface area contributed by atoms with Gasteiger partial charge in [0.2, 0.25) is 11.0 Å². The fourth-order valence-corrected chi connectivity index (χ4v) is 3.81. The number of benzene rings is 1. The van der Waals surface area contributed by atoms with E-state index in [0.29, 0.717) is 11.2 Å². The summed E-state index contributed by atoms with van der Waals surface area (Å²) in [5.41, 5.74) is 0.886. The van der Waals surface area contributed by atoms with E-state index < -0.39 is 0 Å². The molecule has 1 aromatic heterocycles. The quantitative estimate of drug-likeness (QED) is 0.748. The van der Waals surface area contributed by atoms with Crippen molar-refractivity contribution in [1.29, 1.82) is 0 Å². The van der Waals surface area contributed by atoms with E-state index in [2.05, 4.69) is 20.8 Å². The maximum Gasteiger partial charge on any atom is 0.233 e. The highest BCUT2D eigenvalue weighted by Gasteiger charge is 2.26. The molecule has 1 saturated carbocycles. The Bertz CT molecular complexity index is 688. The van der Waals surface area contributed by atoms with E-state index in [9.17, 15) is 4.79 Å². The molecular weight excluding hydrogens is 332 g/mol. The zero-order chi connectivity index (χ0) is 16.2. The summed E-state index contributed by atoms with van der Waals surface area (Å²) in [5, 5.41) is 15.0.